The highest BCUT2D eigenvalue weighted by Crippen LogP contribution is 2.47. The number of aliphatic hydroxyl groups is 1. The number of hydrogen-bond acceptors (Lipinski definition) is 5. The average molecular weight is 329 g/mol. The van der Waals surface area contributed by atoms with Gasteiger partial charge in [-0.3, -0.25) is 20.0 Å². The molecule has 126 valence electrons. The lowest BCUT2D eigenvalue weighted by Gasteiger charge is -2.41. The van der Waals surface area contributed by atoms with Gasteiger partial charge in [0.2, 0.25) is 0 Å². The van der Waals surface area contributed by atoms with Crippen molar-refractivity contribution in [1.29, 1.82) is 0 Å². The zero-order valence-electron chi connectivity index (χ0n) is 13.7. The minimum Gasteiger partial charge on any atom is -0.389 e. The summed E-state index contributed by atoms with van der Waals surface area (Å²) in [6.07, 6.45) is 0.266. The maximum Gasteiger partial charge on any atom is 0.269 e. The molecule has 3 rings (SSSR count). The highest BCUT2D eigenvalue weighted by Gasteiger charge is 2.48. The Kier molecular flexibility index (Phi) is 3.76. The Morgan fingerprint density at radius 1 is 1.50 bits per heavy atom. The molecular weight excluding hydrogens is 310 g/mol. The standard InChI is InChI=1S/C17H19N3O4/c1-9-14-13(19-18-9)8-17(3,22)16(10(2)21)15(14)11-5-4-6-12(7-11)20(23)24/h4-7,15-16,22H,8H2,1-3H3,(H,18,19)/t15-,16-,17+/m1/s1. The molecule has 1 aromatic heterocycles. The molecule has 1 aliphatic carbocycles. The number of rotatable bonds is 3. The van der Waals surface area contributed by atoms with E-state index in [1.165, 1.54) is 19.1 Å². The highest BCUT2D eigenvalue weighted by molar-refractivity contribution is 5.82. The van der Waals surface area contributed by atoms with E-state index in [1.807, 2.05) is 6.92 Å². The number of nitro benzene ring substituents is 1. The van der Waals surface area contributed by atoms with Crippen LogP contribution in [0.4, 0.5) is 5.69 Å². The van der Waals surface area contributed by atoms with E-state index in [1.54, 1.807) is 19.1 Å². The molecule has 1 aliphatic rings. The molecule has 2 aromatic rings. The molecule has 7 heteroatoms. The number of H-pyrrole nitrogens is 1. The van der Waals surface area contributed by atoms with E-state index < -0.39 is 22.4 Å². The van der Waals surface area contributed by atoms with Gasteiger partial charge in [-0.05, 0) is 26.3 Å². The van der Waals surface area contributed by atoms with Crippen molar-refractivity contribution in [2.45, 2.75) is 38.7 Å². The van der Waals surface area contributed by atoms with E-state index >= 15 is 0 Å². The number of Topliss-reactive ketones (excluding diaryl/α,β-unsaturated/α-hetero) is 1. The molecule has 0 spiro atoms. The maximum atomic E-state index is 12.3. The van der Waals surface area contributed by atoms with Gasteiger partial charge in [0, 0.05) is 35.7 Å². The monoisotopic (exact) mass is 329 g/mol. The Morgan fingerprint density at radius 2 is 2.21 bits per heavy atom. The number of aromatic amines is 1. The van der Waals surface area contributed by atoms with Crippen LogP contribution in [-0.4, -0.2) is 31.6 Å². The molecule has 0 radical (unpaired) electrons. The molecule has 0 bridgehead atoms. The van der Waals surface area contributed by atoms with Crippen LogP contribution in [0.5, 0.6) is 0 Å². The van der Waals surface area contributed by atoms with Gasteiger partial charge in [0.1, 0.15) is 5.78 Å². The fourth-order valence-electron chi connectivity index (χ4n) is 3.87. The van der Waals surface area contributed by atoms with Crippen LogP contribution in [0.15, 0.2) is 24.3 Å². The third-order valence-corrected chi connectivity index (χ3v) is 4.79. The Morgan fingerprint density at radius 3 is 2.83 bits per heavy atom. The molecule has 1 aromatic carbocycles. The molecule has 24 heavy (non-hydrogen) atoms. The van der Waals surface area contributed by atoms with Crippen LogP contribution in [0.25, 0.3) is 0 Å². The first kappa shape index (κ1) is 16.3. The molecule has 3 atom stereocenters. The highest BCUT2D eigenvalue weighted by atomic mass is 16.6. The third-order valence-electron chi connectivity index (χ3n) is 4.79. The molecule has 0 aliphatic heterocycles. The Hall–Kier alpha value is -2.54. The lowest BCUT2D eigenvalue weighted by Crippen LogP contribution is -2.48. The second-order valence-corrected chi connectivity index (χ2v) is 6.66. The van der Waals surface area contributed by atoms with Crippen LogP contribution in [0, 0.1) is 23.0 Å². The zero-order chi connectivity index (χ0) is 17.6. The number of nitrogens with zero attached hydrogens (tertiary/aromatic N) is 2. The minimum absolute atomic E-state index is 0.0392. The number of carbonyl (C=O) groups excluding carboxylic acids is 1. The summed E-state index contributed by atoms with van der Waals surface area (Å²) in [5, 5.41) is 29.1. The molecule has 0 amide bonds. The molecule has 0 saturated heterocycles. The molecule has 2 N–H and O–H groups in total. The summed E-state index contributed by atoms with van der Waals surface area (Å²) in [7, 11) is 0. The van der Waals surface area contributed by atoms with E-state index in [0.717, 1.165) is 11.3 Å². The molecule has 7 nitrogen and oxygen atoms in total. The number of nitro groups is 1. The smallest absolute Gasteiger partial charge is 0.269 e. The topological polar surface area (TPSA) is 109 Å². The largest absolute Gasteiger partial charge is 0.389 e. The molecule has 0 unspecified atom stereocenters. The number of aromatic nitrogens is 2. The Labute approximate surface area is 138 Å². The van der Waals surface area contributed by atoms with E-state index in [9.17, 15) is 20.0 Å². The minimum atomic E-state index is -1.27. The van der Waals surface area contributed by atoms with Gasteiger partial charge >= 0.3 is 0 Å². The lowest BCUT2D eigenvalue weighted by molar-refractivity contribution is -0.384. The number of hydrogen-bond donors (Lipinski definition) is 2. The molecular formula is C17H19N3O4. The van der Waals surface area contributed by atoms with Crippen molar-refractivity contribution in [3.63, 3.8) is 0 Å². The first-order chi connectivity index (χ1) is 11.2. The second-order valence-electron chi connectivity index (χ2n) is 6.66. The normalized spacial score (nSPS) is 26.0. The van der Waals surface area contributed by atoms with Crippen LogP contribution >= 0.6 is 0 Å². The summed E-state index contributed by atoms with van der Waals surface area (Å²) in [4.78, 5) is 23.0. The summed E-state index contributed by atoms with van der Waals surface area (Å²) in [5.41, 5.74) is 1.69. The first-order valence-corrected chi connectivity index (χ1v) is 7.73. The number of non-ortho nitro benzene ring substituents is 1. The van der Waals surface area contributed by atoms with Gasteiger partial charge in [-0.15, -0.1) is 0 Å². The fraction of sp³-hybridized carbons (Fsp3) is 0.412. The SMILES string of the molecule is CC(=O)[C@@H]1[C@H](c2cccc([N+](=O)[O-])c2)c2c(n[nH]c2C)C[C@]1(C)O. The number of fused-ring (bicyclic) bond motifs is 1. The maximum absolute atomic E-state index is 12.3. The van der Waals surface area contributed by atoms with Crippen LogP contribution in [0.3, 0.4) is 0 Å². The molecule has 0 fully saturated rings. The van der Waals surface area contributed by atoms with Crippen molar-refractivity contribution in [1.82, 2.24) is 10.2 Å². The van der Waals surface area contributed by atoms with E-state index in [0.29, 0.717) is 11.3 Å². The van der Waals surface area contributed by atoms with E-state index in [2.05, 4.69) is 10.2 Å². The van der Waals surface area contributed by atoms with E-state index in [4.69, 9.17) is 0 Å². The van der Waals surface area contributed by atoms with Gasteiger partial charge in [-0.2, -0.15) is 5.10 Å². The number of ketones is 1. The first-order valence-electron chi connectivity index (χ1n) is 7.73. The summed E-state index contributed by atoms with van der Waals surface area (Å²) >= 11 is 0. The van der Waals surface area contributed by atoms with Crippen LogP contribution in [-0.2, 0) is 11.2 Å². The fourth-order valence-corrected chi connectivity index (χ4v) is 3.87. The summed E-state index contributed by atoms with van der Waals surface area (Å²) in [6.45, 7) is 4.92. The predicted molar refractivity (Wildman–Crippen MR) is 86.8 cm³/mol. The average Bonchev–Trinajstić information content (AvgIpc) is 2.85. The van der Waals surface area contributed by atoms with E-state index in [-0.39, 0.29) is 17.9 Å². The number of carbonyl (C=O) groups is 1. The van der Waals surface area contributed by atoms with Crippen molar-refractivity contribution < 1.29 is 14.8 Å². The summed E-state index contributed by atoms with van der Waals surface area (Å²) < 4.78 is 0. The summed E-state index contributed by atoms with van der Waals surface area (Å²) in [6, 6.07) is 6.24. The van der Waals surface area contributed by atoms with Crippen molar-refractivity contribution in [2.75, 3.05) is 0 Å². The second kappa shape index (κ2) is 5.52. The Balaban J connectivity index is 2.24. The van der Waals surface area contributed by atoms with Gasteiger partial charge in [0.25, 0.3) is 5.69 Å². The van der Waals surface area contributed by atoms with Crippen LogP contribution in [0.2, 0.25) is 0 Å². The van der Waals surface area contributed by atoms with Crippen molar-refractivity contribution in [3.05, 3.63) is 56.9 Å². The number of benzene rings is 1. The number of aryl methyl sites for hydroxylation is 1. The van der Waals surface area contributed by atoms with Gasteiger partial charge in [0.15, 0.2) is 0 Å². The summed E-state index contributed by atoms with van der Waals surface area (Å²) in [5.74, 6) is -1.31. The Bertz CT molecular complexity index is 825. The van der Waals surface area contributed by atoms with Gasteiger partial charge in [0.05, 0.1) is 22.1 Å². The van der Waals surface area contributed by atoms with Crippen molar-refractivity contribution in [3.8, 4) is 0 Å². The van der Waals surface area contributed by atoms with Gasteiger partial charge in [-0.25, -0.2) is 0 Å². The molecule has 1 heterocycles. The van der Waals surface area contributed by atoms with Gasteiger partial charge < -0.3 is 5.11 Å². The van der Waals surface area contributed by atoms with Gasteiger partial charge in [-0.1, -0.05) is 12.1 Å². The van der Waals surface area contributed by atoms with Crippen molar-refractivity contribution in [2.24, 2.45) is 5.92 Å². The predicted octanol–water partition coefficient (Wildman–Crippen LogP) is 2.27. The number of nitrogens with one attached hydrogen (secondary N) is 1. The molecule has 0 saturated carbocycles. The van der Waals surface area contributed by atoms with Crippen molar-refractivity contribution >= 4 is 11.5 Å². The van der Waals surface area contributed by atoms with Crippen LogP contribution < -0.4 is 0 Å². The zero-order valence-corrected chi connectivity index (χ0v) is 13.7. The lowest BCUT2D eigenvalue weighted by atomic mass is 9.64. The van der Waals surface area contributed by atoms with Crippen LogP contribution in [0.1, 0.15) is 42.3 Å². The third kappa shape index (κ3) is 2.50. The quantitative estimate of drug-likeness (QED) is 0.663.